The van der Waals surface area contributed by atoms with Crippen LogP contribution in [0.5, 0.6) is 0 Å². The number of alkyl carbamates (subject to hydrolysis) is 1. The van der Waals surface area contributed by atoms with E-state index in [0.29, 0.717) is 6.54 Å². The molecule has 28 heavy (non-hydrogen) atoms. The molecule has 6 nitrogen and oxygen atoms in total. The Morgan fingerprint density at radius 3 is 2.64 bits per heavy atom. The van der Waals surface area contributed by atoms with Crippen LogP contribution in [0.25, 0.3) is 0 Å². The number of hydrogen-bond donors (Lipinski definition) is 2. The summed E-state index contributed by atoms with van der Waals surface area (Å²) in [6.45, 7) is 0.664. The molecule has 1 aromatic heterocycles. The predicted molar refractivity (Wildman–Crippen MR) is 108 cm³/mol. The molecule has 140 valence electrons. The van der Waals surface area contributed by atoms with Crippen LogP contribution in [0.3, 0.4) is 0 Å². The van der Waals surface area contributed by atoms with E-state index in [1.807, 2.05) is 72.8 Å². The molecule has 6 heteroatoms. The molecule has 0 spiro atoms. The number of ether oxygens (including phenoxy) is 1. The molecular formula is C22H20N4O2. The molecule has 0 fully saturated rings. The van der Waals surface area contributed by atoms with E-state index >= 15 is 0 Å². The fourth-order valence-corrected chi connectivity index (χ4v) is 3.01. The van der Waals surface area contributed by atoms with E-state index < -0.39 is 12.3 Å². The Labute approximate surface area is 163 Å². The summed E-state index contributed by atoms with van der Waals surface area (Å²) < 4.78 is 5.33. The van der Waals surface area contributed by atoms with Gasteiger partial charge in [0.2, 0.25) is 0 Å². The van der Waals surface area contributed by atoms with E-state index in [0.717, 1.165) is 28.2 Å². The number of hydrogen-bond acceptors (Lipinski definition) is 5. The maximum absolute atomic E-state index is 12.3. The number of para-hydroxylation sites is 1. The SMILES string of the molecule is O=C(NC1CNc2ccccc2C(c2ccccn2)=N1)OCc1ccccc1. The third-order valence-corrected chi connectivity index (χ3v) is 4.36. The number of carbonyl (C=O) groups excluding carboxylic acids is 1. The van der Waals surface area contributed by atoms with E-state index in [9.17, 15) is 4.79 Å². The highest BCUT2D eigenvalue weighted by atomic mass is 16.5. The van der Waals surface area contributed by atoms with Crippen molar-refractivity contribution in [1.82, 2.24) is 10.3 Å². The summed E-state index contributed by atoms with van der Waals surface area (Å²) in [7, 11) is 0. The molecule has 2 N–H and O–H groups in total. The molecule has 1 unspecified atom stereocenters. The van der Waals surface area contributed by atoms with Gasteiger partial charge in [-0.1, -0.05) is 54.6 Å². The van der Waals surface area contributed by atoms with Gasteiger partial charge in [-0.15, -0.1) is 0 Å². The number of pyridine rings is 1. The monoisotopic (exact) mass is 372 g/mol. The Kier molecular flexibility index (Phi) is 5.29. The number of anilines is 1. The van der Waals surface area contributed by atoms with Crippen LogP contribution in [0.1, 0.15) is 16.8 Å². The maximum Gasteiger partial charge on any atom is 0.409 e. The number of nitrogens with zero attached hydrogens (tertiary/aromatic N) is 2. The van der Waals surface area contributed by atoms with Gasteiger partial charge in [0.05, 0.1) is 18.0 Å². The first-order valence-electron chi connectivity index (χ1n) is 9.09. The molecule has 0 bridgehead atoms. The van der Waals surface area contributed by atoms with Crippen molar-refractivity contribution in [1.29, 1.82) is 0 Å². The Balaban J connectivity index is 1.52. The Hall–Kier alpha value is -3.67. The van der Waals surface area contributed by atoms with Crippen molar-refractivity contribution in [3.8, 4) is 0 Å². The molecule has 0 radical (unpaired) electrons. The summed E-state index contributed by atoms with van der Waals surface area (Å²) in [5, 5.41) is 6.17. The third kappa shape index (κ3) is 4.17. The van der Waals surface area contributed by atoms with E-state index in [1.165, 1.54) is 0 Å². The van der Waals surface area contributed by atoms with Crippen LogP contribution in [-0.2, 0) is 11.3 Å². The van der Waals surface area contributed by atoms with Crippen LogP contribution >= 0.6 is 0 Å². The van der Waals surface area contributed by atoms with Crippen molar-refractivity contribution in [2.24, 2.45) is 4.99 Å². The lowest BCUT2D eigenvalue weighted by Gasteiger charge is -2.14. The molecule has 4 rings (SSSR count). The standard InChI is InChI=1S/C22H20N4O2/c27-22(28-15-16-8-2-1-3-9-16)26-20-14-24-18-11-5-4-10-17(18)21(25-20)19-12-6-7-13-23-19/h1-13,20,24H,14-15H2,(H,26,27). The lowest BCUT2D eigenvalue weighted by atomic mass is 10.0. The average Bonchev–Trinajstić information content (AvgIpc) is 2.93. The first-order chi connectivity index (χ1) is 13.8. The minimum atomic E-state index is -0.509. The summed E-state index contributed by atoms with van der Waals surface area (Å²) in [5.74, 6) is 0. The number of aromatic nitrogens is 1. The smallest absolute Gasteiger partial charge is 0.409 e. The molecule has 0 saturated carbocycles. The molecule has 0 saturated heterocycles. The highest BCUT2D eigenvalue weighted by Crippen LogP contribution is 2.22. The zero-order valence-electron chi connectivity index (χ0n) is 15.2. The number of fused-ring (bicyclic) bond motifs is 1. The van der Waals surface area contributed by atoms with Gasteiger partial charge in [0.25, 0.3) is 0 Å². The van der Waals surface area contributed by atoms with Gasteiger partial charge >= 0.3 is 6.09 Å². The zero-order valence-corrected chi connectivity index (χ0v) is 15.2. The van der Waals surface area contributed by atoms with Crippen LogP contribution in [0, 0.1) is 0 Å². The quantitative estimate of drug-likeness (QED) is 0.734. The largest absolute Gasteiger partial charge is 0.445 e. The second-order valence-corrected chi connectivity index (χ2v) is 6.34. The summed E-state index contributed by atoms with van der Waals surface area (Å²) in [6, 6.07) is 23.2. The van der Waals surface area contributed by atoms with E-state index in [2.05, 4.69) is 15.6 Å². The summed E-state index contributed by atoms with van der Waals surface area (Å²) in [5.41, 5.74) is 4.32. The zero-order chi connectivity index (χ0) is 19.2. The first-order valence-corrected chi connectivity index (χ1v) is 9.09. The normalized spacial score (nSPS) is 15.4. The molecule has 1 aliphatic heterocycles. The van der Waals surface area contributed by atoms with Crippen LogP contribution in [0.2, 0.25) is 0 Å². The summed E-state index contributed by atoms with van der Waals surface area (Å²) >= 11 is 0. The Morgan fingerprint density at radius 1 is 1.04 bits per heavy atom. The number of amides is 1. The van der Waals surface area contributed by atoms with Gasteiger partial charge in [-0.2, -0.15) is 0 Å². The van der Waals surface area contributed by atoms with Gasteiger partial charge in [-0.3, -0.25) is 15.3 Å². The van der Waals surface area contributed by atoms with Crippen LogP contribution in [0.4, 0.5) is 10.5 Å². The van der Waals surface area contributed by atoms with Crippen LogP contribution in [-0.4, -0.2) is 29.5 Å². The summed E-state index contributed by atoms with van der Waals surface area (Å²) in [6.07, 6.45) is 0.744. The number of carbonyl (C=O) groups is 1. The molecule has 2 aromatic carbocycles. The molecule has 0 aliphatic carbocycles. The average molecular weight is 372 g/mol. The molecular weight excluding hydrogens is 352 g/mol. The summed E-state index contributed by atoms with van der Waals surface area (Å²) in [4.78, 5) is 21.5. The Bertz CT molecular complexity index is 974. The van der Waals surface area contributed by atoms with E-state index in [4.69, 9.17) is 9.73 Å². The van der Waals surface area contributed by atoms with Crippen molar-refractivity contribution in [3.05, 3.63) is 95.8 Å². The second-order valence-electron chi connectivity index (χ2n) is 6.34. The molecule has 1 atom stereocenters. The number of aliphatic imine (C=N–C) groups is 1. The fourth-order valence-electron chi connectivity index (χ4n) is 3.01. The minimum absolute atomic E-state index is 0.212. The lowest BCUT2D eigenvalue weighted by Crippen LogP contribution is -2.38. The van der Waals surface area contributed by atoms with Gasteiger partial charge in [-0.25, -0.2) is 4.79 Å². The van der Waals surface area contributed by atoms with Gasteiger partial charge in [0, 0.05) is 17.4 Å². The molecule has 2 heterocycles. The predicted octanol–water partition coefficient (Wildman–Crippen LogP) is 3.60. The fraction of sp³-hybridized carbons (Fsp3) is 0.136. The number of benzodiazepines with no additional fused rings is 1. The van der Waals surface area contributed by atoms with Gasteiger partial charge < -0.3 is 10.1 Å². The Morgan fingerprint density at radius 2 is 1.82 bits per heavy atom. The van der Waals surface area contributed by atoms with Crippen LogP contribution < -0.4 is 10.6 Å². The van der Waals surface area contributed by atoms with Crippen molar-refractivity contribution < 1.29 is 9.53 Å². The maximum atomic E-state index is 12.3. The van der Waals surface area contributed by atoms with E-state index in [1.54, 1.807) is 6.20 Å². The second kappa shape index (κ2) is 8.35. The van der Waals surface area contributed by atoms with Gasteiger partial charge in [-0.05, 0) is 23.8 Å². The van der Waals surface area contributed by atoms with Crippen molar-refractivity contribution >= 4 is 17.5 Å². The van der Waals surface area contributed by atoms with Crippen LogP contribution in [0.15, 0.2) is 84.0 Å². The number of benzene rings is 2. The lowest BCUT2D eigenvalue weighted by molar-refractivity contribution is 0.136. The number of nitrogens with one attached hydrogen (secondary N) is 2. The molecule has 3 aromatic rings. The molecule has 1 amide bonds. The highest BCUT2D eigenvalue weighted by Gasteiger charge is 2.21. The minimum Gasteiger partial charge on any atom is -0.445 e. The first kappa shape index (κ1) is 17.7. The van der Waals surface area contributed by atoms with Gasteiger partial charge in [0.1, 0.15) is 12.8 Å². The molecule has 1 aliphatic rings. The van der Waals surface area contributed by atoms with E-state index in [-0.39, 0.29) is 6.61 Å². The van der Waals surface area contributed by atoms with Gasteiger partial charge in [0.15, 0.2) is 0 Å². The van der Waals surface area contributed by atoms with Crippen molar-refractivity contribution in [3.63, 3.8) is 0 Å². The topological polar surface area (TPSA) is 75.6 Å². The third-order valence-electron chi connectivity index (χ3n) is 4.36. The van der Waals surface area contributed by atoms with Crippen molar-refractivity contribution in [2.75, 3.05) is 11.9 Å². The van der Waals surface area contributed by atoms with Crippen molar-refractivity contribution in [2.45, 2.75) is 12.8 Å². The highest BCUT2D eigenvalue weighted by molar-refractivity contribution is 6.15. The number of rotatable bonds is 4.